The van der Waals surface area contributed by atoms with Crippen LogP contribution in [0.5, 0.6) is 0 Å². The van der Waals surface area contributed by atoms with Crippen molar-refractivity contribution in [2.45, 2.75) is 46.6 Å². The molecule has 0 aliphatic carbocycles. The summed E-state index contributed by atoms with van der Waals surface area (Å²) in [6.07, 6.45) is 1.98. The van der Waals surface area contributed by atoms with E-state index < -0.39 is 10.0 Å². The molecule has 0 amide bonds. The van der Waals surface area contributed by atoms with Gasteiger partial charge in [-0.1, -0.05) is 13.8 Å². The van der Waals surface area contributed by atoms with Crippen LogP contribution >= 0.6 is 0 Å². The zero-order valence-corrected chi connectivity index (χ0v) is 9.82. The summed E-state index contributed by atoms with van der Waals surface area (Å²) in [5.74, 6) is 0.799. The minimum Gasteiger partial charge on any atom is -0.212 e. The van der Waals surface area contributed by atoms with Crippen molar-refractivity contribution in [1.82, 2.24) is 4.72 Å². The Morgan fingerprint density at radius 3 is 2.08 bits per heavy atom. The number of nitrogens with one attached hydrogen (secondary N) is 1. The maximum absolute atomic E-state index is 11.1. The molecular formula is C9H21NO2S. The fraction of sp³-hybridized carbons (Fsp3) is 1.00. The quantitative estimate of drug-likeness (QED) is 0.721. The SMILES string of the molecule is CCS(=O)(=O)NC(C)CCC(C)C. The third-order valence-electron chi connectivity index (χ3n) is 1.94. The molecule has 0 heterocycles. The summed E-state index contributed by atoms with van der Waals surface area (Å²) in [5.41, 5.74) is 0. The van der Waals surface area contributed by atoms with Crippen molar-refractivity contribution in [3.8, 4) is 0 Å². The molecule has 0 saturated carbocycles. The van der Waals surface area contributed by atoms with E-state index in [0.29, 0.717) is 5.92 Å². The molecule has 0 aromatic carbocycles. The topological polar surface area (TPSA) is 46.2 Å². The van der Waals surface area contributed by atoms with Crippen LogP contribution in [0.1, 0.15) is 40.5 Å². The van der Waals surface area contributed by atoms with Gasteiger partial charge in [-0.2, -0.15) is 0 Å². The van der Waals surface area contributed by atoms with E-state index in [0.717, 1.165) is 12.8 Å². The van der Waals surface area contributed by atoms with Gasteiger partial charge in [-0.15, -0.1) is 0 Å². The zero-order chi connectivity index (χ0) is 10.5. The lowest BCUT2D eigenvalue weighted by Gasteiger charge is -2.14. The molecule has 1 unspecified atom stereocenters. The molecule has 13 heavy (non-hydrogen) atoms. The van der Waals surface area contributed by atoms with Crippen molar-refractivity contribution >= 4 is 10.0 Å². The Balaban J connectivity index is 3.81. The fourth-order valence-corrected chi connectivity index (χ4v) is 1.93. The Labute approximate surface area is 82.0 Å². The summed E-state index contributed by atoms with van der Waals surface area (Å²) in [6.45, 7) is 7.84. The minimum atomic E-state index is -3.02. The standard InChI is InChI=1S/C9H21NO2S/c1-5-13(11,12)10-9(4)7-6-8(2)3/h8-10H,5-7H2,1-4H3. The lowest BCUT2D eigenvalue weighted by molar-refractivity contribution is 0.485. The average Bonchev–Trinajstić information content (AvgIpc) is 2.00. The molecular weight excluding hydrogens is 186 g/mol. The summed E-state index contributed by atoms with van der Waals surface area (Å²) >= 11 is 0. The van der Waals surface area contributed by atoms with E-state index in [4.69, 9.17) is 0 Å². The van der Waals surface area contributed by atoms with E-state index >= 15 is 0 Å². The van der Waals surface area contributed by atoms with Gasteiger partial charge in [0.25, 0.3) is 0 Å². The molecule has 0 aliphatic rings. The zero-order valence-electron chi connectivity index (χ0n) is 9.00. The molecule has 80 valence electrons. The average molecular weight is 207 g/mol. The van der Waals surface area contributed by atoms with Gasteiger partial charge >= 0.3 is 0 Å². The molecule has 0 aliphatic heterocycles. The molecule has 1 N–H and O–H groups in total. The van der Waals surface area contributed by atoms with Gasteiger partial charge < -0.3 is 0 Å². The van der Waals surface area contributed by atoms with Gasteiger partial charge in [0.2, 0.25) is 10.0 Å². The van der Waals surface area contributed by atoms with E-state index in [1.165, 1.54) is 0 Å². The third-order valence-corrected chi connectivity index (χ3v) is 3.46. The van der Waals surface area contributed by atoms with E-state index in [-0.39, 0.29) is 11.8 Å². The maximum atomic E-state index is 11.1. The second-order valence-corrected chi connectivity index (χ2v) is 5.94. The van der Waals surface area contributed by atoms with Gasteiger partial charge in [0.15, 0.2) is 0 Å². The largest absolute Gasteiger partial charge is 0.212 e. The summed E-state index contributed by atoms with van der Waals surface area (Å²) in [4.78, 5) is 0. The monoisotopic (exact) mass is 207 g/mol. The first kappa shape index (κ1) is 12.9. The van der Waals surface area contributed by atoms with Gasteiger partial charge in [-0.3, -0.25) is 0 Å². The lowest BCUT2D eigenvalue weighted by atomic mass is 10.1. The maximum Gasteiger partial charge on any atom is 0.211 e. The molecule has 1 atom stereocenters. The molecule has 0 saturated heterocycles. The second-order valence-electron chi connectivity index (χ2n) is 3.89. The Morgan fingerprint density at radius 2 is 1.69 bits per heavy atom. The molecule has 3 nitrogen and oxygen atoms in total. The number of hydrogen-bond acceptors (Lipinski definition) is 2. The Morgan fingerprint density at radius 1 is 1.15 bits per heavy atom. The van der Waals surface area contributed by atoms with Gasteiger partial charge in [0, 0.05) is 6.04 Å². The molecule has 0 spiro atoms. The third kappa shape index (κ3) is 7.02. The van der Waals surface area contributed by atoms with Gasteiger partial charge in [0.05, 0.1) is 5.75 Å². The van der Waals surface area contributed by atoms with Crippen molar-refractivity contribution < 1.29 is 8.42 Å². The van der Waals surface area contributed by atoms with Crippen molar-refractivity contribution in [2.24, 2.45) is 5.92 Å². The van der Waals surface area contributed by atoms with Crippen molar-refractivity contribution in [1.29, 1.82) is 0 Å². The van der Waals surface area contributed by atoms with Gasteiger partial charge in [-0.25, -0.2) is 13.1 Å². The predicted molar refractivity (Wildman–Crippen MR) is 56.1 cm³/mol. The molecule has 0 aromatic heterocycles. The van der Waals surface area contributed by atoms with Crippen LogP contribution in [0.15, 0.2) is 0 Å². The normalized spacial score (nSPS) is 14.8. The Kier molecular flexibility index (Phi) is 5.56. The van der Waals surface area contributed by atoms with Crippen LogP contribution in [0.2, 0.25) is 0 Å². The van der Waals surface area contributed by atoms with Crippen LogP contribution in [-0.2, 0) is 10.0 Å². The Bertz CT molecular complexity index is 222. The second kappa shape index (κ2) is 5.60. The van der Waals surface area contributed by atoms with Crippen molar-refractivity contribution in [3.05, 3.63) is 0 Å². The first-order valence-corrected chi connectivity index (χ1v) is 6.52. The van der Waals surface area contributed by atoms with Crippen LogP contribution in [0.4, 0.5) is 0 Å². The van der Waals surface area contributed by atoms with Gasteiger partial charge in [-0.05, 0) is 32.6 Å². The number of hydrogen-bond donors (Lipinski definition) is 1. The van der Waals surface area contributed by atoms with E-state index in [2.05, 4.69) is 18.6 Å². The first-order valence-electron chi connectivity index (χ1n) is 4.87. The van der Waals surface area contributed by atoms with E-state index in [1.807, 2.05) is 6.92 Å². The lowest BCUT2D eigenvalue weighted by Crippen LogP contribution is -2.33. The predicted octanol–water partition coefficient (Wildman–Crippen LogP) is 1.75. The summed E-state index contributed by atoms with van der Waals surface area (Å²) < 4.78 is 24.9. The van der Waals surface area contributed by atoms with Crippen LogP contribution in [0.25, 0.3) is 0 Å². The highest BCUT2D eigenvalue weighted by atomic mass is 32.2. The summed E-state index contributed by atoms with van der Waals surface area (Å²) in [7, 11) is -3.02. The van der Waals surface area contributed by atoms with E-state index in [1.54, 1.807) is 6.92 Å². The van der Waals surface area contributed by atoms with E-state index in [9.17, 15) is 8.42 Å². The van der Waals surface area contributed by atoms with Gasteiger partial charge in [0.1, 0.15) is 0 Å². The fourth-order valence-electron chi connectivity index (χ4n) is 1.03. The van der Waals surface area contributed by atoms with Crippen LogP contribution in [0, 0.1) is 5.92 Å². The molecule has 0 aromatic rings. The van der Waals surface area contributed by atoms with Crippen molar-refractivity contribution in [3.63, 3.8) is 0 Å². The van der Waals surface area contributed by atoms with Crippen LogP contribution in [0.3, 0.4) is 0 Å². The number of rotatable bonds is 6. The minimum absolute atomic E-state index is 0.0624. The molecule has 0 bridgehead atoms. The summed E-state index contributed by atoms with van der Waals surface area (Å²) in [5, 5.41) is 0. The van der Waals surface area contributed by atoms with Crippen LogP contribution in [-0.4, -0.2) is 20.2 Å². The van der Waals surface area contributed by atoms with Crippen molar-refractivity contribution in [2.75, 3.05) is 5.75 Å². The highest BCUT2D eigenvalue weighted by Gasteiger charge is 2.11. The molecule has 0 rings (SSSR count). The molecule has 0 fully saturated rings. The molecule has 4 heteroatoms. The summed E-state index contributed by atoms with van der Waals surface area (Å²) in [6, 6.07) is 0.0624. The van der Waals surface area contributed by atoms with Crippen LogP contribution < -0.4 is 4.72 Å². The first-order chi connectivity index (χ1) is 5.87. The highest BCUT2D eigenvalue weighted by Crippen LogP contribution is 2.06. The Hall–Kier alpha value is -0.0900. The highest BCUT2D eigenvalue weighted by molar-refractivity contribution is 7.89. The number of sulfonamides is 1. The smallest absolute Gasteiger partial charge is 0.211 e. The molecule has 0 radical (unpaired) electrons.